The summed E-state index contributed by atoms with van der Waals surface area (Å²) < 4.78 is 5.08. The van der Waals surface area contributed by atoms with Gasteiger partial charge in [0.15, 0.2) is 12.2 Å². The smallest absolute Gasteiger partial charge is 0.444 e. The second-order valence-corrected chi connectivity index (χ2v) is 2.83. The van der Waals surface area contributed by atoms with Crippen molar-refractivity contribution >= 4 is 12.6 Å². The van der Waals surface area contributed by atoms with Gasteiger partial charge in [-0.2, -0.15) is 0 Å². The molecule has 1 aromatic heterocycles. The molecular weight excluding hydrogens is 181 g/mol. The molecule has 0 aliphatic heterocycles. The zero-order chi connectivity index (χ0) is 9.97. The lowest BCUT2D eigenvalue weighted by molar-refractivity contribution is 0.425. The van der Waals surface area contributed by atoms with Crippen molar-refractivity contribution in [2.24, 2.45) is 0 Å². The Morgan fingerprint density at radius 2 is 2.00 bits per heavy atom. The van der Waals surface area contributed by atoms with E-state index in [0.717, 1.165) is 0 Å². The molecule has 0 fully saturated rings. The van der Waals surface area contributed by atoms with Crippen LogP contribution < -0.4 is 5.46 Å². The summed E-state index contributed by atoms with van der Waals surface area (Å²) in [7, 11) is -1.50. The van der Waals surface area contributed by atoms with Gasteiger partial charge in [0, 0.05) is 5.56 Å². The van der Waals surface area contributed by atoms with Gasteiger partial charge in [-0.25, -0.2) is 4.98 Å². The number of benzene rings is 1. The molecule has 1 heterocycles. The van der Waals surface area contributed by atoms with Crippen LogP contribution in [-0.2, 0) is 0 Å². The van der Waals surface area contributed by atoms with Crippen LogP contribution in [0.5, 0.6) is 0 Å². The fourth-order valence-electron chi connectivity index (χ4n) is 1.30. The molecule has 5 heteroatoms. The minimum Gasteiger partial charge on any atom is -0.444 e. The number of nitrogens with zero attached hydrogens (tertiary/aromatic N) is 1. The fourth-order valence-corrected chi connectivity index (χ4v) is 1.30. The number of hydrogen-bond donors (Lipinski definition) is 2. The zero-order valence-electron chi connectivity index (χ0n) is 7.29. The van der Waals surface area contributed by atoms with E-state index in [1.807, 2.05) is 0 Å². The first-order valence-corrected chi connectivity index (χ1v) is 4.13. The van der Waals surface area contributed by atoms with Gasteiger partial charge in [0.2, 0.25) is 0 Å². The number of rotatable bonds is 2. The van der Waals surface area contributed by atoms with Gasteiger partial charge in [0.1, 0.15) is 0 Å². The number of hydrogen-bond acceptors (Lipinski definition) is 4. The molecule has 0 aliphatic rings. The van der Waals surface area contributed by atoms with E-state index < -0.39 is 7.12 Å². The van der Waals surface area contributed by atoms with Crippen LogP contribution in [0, 0.1) is 0 Å². The van der Waals surface area contributed by atoms with E-state index >= 15 is 0 Å². The van der Waals surface area contributed by atoms with Crippen LogP contribution in [-0.4, -0.2) is 22.2 Å². The Kier molecular flexibility index (Phi) is 2.34. The Balaban J connectivity index is 2.53. The quantitative estimate of drug-likeness (QED) is 0.653. The van der Waals surface area contributed by atoms with Crippen molar-refractivity contribution in [3.05, 3.63) is 36.9 Å². The van der Waals surface area contributed by atoms with E-state index in [4.69, 9.17) is 14.5 Å². The highest BCUT2D eigenvalue weighted by Gasteiger charge is 2.17. The summed E-state index contributed by atoms with van der Waals surface area (Å²) in [6.45, 7) is 0. The first-order valence-electron chi connectivity index (χ1n) is 4.13. The Labute approximate surface area is 81.0 Å². The molecule has 0 radical (unpaired) electrons. The molecule has 14 heavy (non-hydrogen) atoms. The second-order valence-electron chi connectivity index (χ2n) is 2.83. The molecule has 1 aromatic carbocycles. The summed E-state index contributed by atoms with van der Waals surface area (Å²) in [5.74, 6) is 0.522. The normalized spacial score (nSPS) is 10.1. The van der Waals surface area contributed by atoms with Gasteiger partial charge in [-0.3, -0.25) is 0 Å². The maximum atomic E-state index is 9.10. The van der Waals surface area contributed by atoms with E-state index in [9.17, 15) is 0 Å². The average Bonchev–Trinajstić information content (AvgIpc) is 2.70. The Bertz CT molecular complexity index is 414. The summed E-state index contributed by atoms with van der Waals surface area (Å²) in [6.07, 6.45) is 2.83. The third kappa shape index (κ3) is 1.55. The maximum Gasteiger partial charge on any atom is 0.489 e. The van der Waals surface area contributed by atoms with Crippen molar-refractivity contribution in [3.63, 3.8) is 0 Å². The molecule has 0 aliphatic carbocycles. The van der Waals surface area contributed by atoms with Crippen LogP contribution in [0.15, 0.2) is 41.3 Å². The molecule has 0 unspecified atom stereocenters. The molecule has 0 saturated carbocycles. The van der Waals surface area contributed by atoms with Gasteiger partial charge >= 0.3 is 7.12 Å². The van der Waals surface area contributed by atoms with Gasteiger partial charge in [-0.15, -0.1) is 0 Å². The molecule has 0 bridgehead atoms. The summed E-state index contributed by atoms with van der Waals surface area (Å²) >= 11 is 0. The minimum absolute atomic E-state index is 0.407. The molecule has 2 N–H and O–H groups in total. The predicted molar refractivity (Wildman–Crippen MR) is 51.8 cm³/mol. The monoisotopic (exact) mass is 189 g/mol. The van der Waals surface area contributed by atoms with Crippen LogP contribution in [0.4, 0.5) is 0 Å². The highest BCUT2D eigenvalue weighted by Crippen LogP contribution is 2.15. The van der Waals surface area contributed by atoms with Crippen molar-refractivity contribution in [1.82, 2.24) is 4.98 Å². The SMILES string of the molecule is OB(O)c1ccccc1-c1cnco1. The van der Waals surface area contributed by atoms with Crippen LogP contribution in [0.1, 0.15) is 0 Å². The molecule has 70 valence electrons. The molecule has 2 aromatic rings. The van der Waals surface area contributed by atoms with Gasteiger partial charge in [0.25, 0.3) is 0 Å². The third-order valence-electron chi connectivity index (χ3n) is 1.94. The van der Waals surface area contributed by atoms with E-state index in [1.165, 1.54) is 12.6 Å². The van der Waals surface area contributed by atoms with E-state index in [-0.39, 0.29) is 0 Å². The summed E-state index contributed by atoms with van der Waals surface area (Å²) in [5, 5.41) is 18.2. The highest BCUT2D eigenvalue weighted by molar-refractivity contribution is 6.60. The molecular formula is C9H8BNO3. The second kappa shape index (κ2) is 3.65. The van der Waals surface area contributed by atoms with Crippen molar-refractivity contribution in [2.45, 2.75) is 0 Å². The Morgan fingerprint density at radius 1 is 1.21 bits per heavy atom. The molecule has 4 nitrogen and oxygen atoms in total. The van der Waals surface area contributed by atoms with E-state index in [1.54, 1.807) is 24.3 Å². The van der Waals surface area contributed by atoms with Gasteiger partial charge in [-0.05, 0) is 5.46 Å². The maximum absolute atomic E-state index is 9.10. The molecule has 0 atom stereocenters. The lowest BCUT2D eigenvalue weighted by Crippen LogP contribution is -2.31. The van der Waals surface area contributed by atoms with Crippen LogP contribution in [0.25, 0.3) is 11.3 Å². The number of oxazole rings is 1. The van der Waals surface area contributed by atoms with Crippen molar-refractivity contribution in [1.29, 1.82) is 0 Å². The van der Waals surface area contributed by atoms with E-state index in [2.05, 4.69) is 4.98 Å². The minimum atomic E-state index is -1.50. The van der Waals surface area contributed by atoms with Gasteiger partial charge in [0.05, 0.1) is 6.20 Å². The first-order chi connectivity index (χ1) is 6.79. The number of aromatic nitrogens is 1. The van der Waals surface area contributed by atoms with Gasteiger partial charge in [-0.1, -0.05) is 24.3 Å². The van der Waals surface area contributed by atoms with Crippen LogP contribution in [0.2, 0.25) is 0 Å². The Hall–Kier alpha value is -1.59. The Morgan fingerprint density at radius 3 is 2.64 bits per heavy atom. The molecule has 0 amide bonds. The predicted octanol–water partition coefficient (Wildman–Crippen LogP) is 0.0214. The lowest BCUT2D eigenvalue weighted by atomic mass is 9.76. The molecule has 2 rings (SSSR count). The summed E-state index contributed by atoms with van der Waals surface area (Å²) in [6, 6.07) is 6.90. The third-order valence-corrected chi connectivity index (χ3v) is 1.94. The average molecular weight is 189 g/mol. The van der Waals surface area contributed by atoms with Crippen molar-refractivity contribution < 1.29 is 14.5 Å². The van der Waals surface area contributed by atoms with E-state index in [0.29, 0.717) is 16.8 Å². The summed E-state index contributed by atoms with van der Waals surface area (Å²) in [5.41, 5.74) is 1.05. The summed E-state index contributed by atoms with van der Waals surface area (Å²) in [4.78, 5) is 3.77. The molecule has 0 spiro atoms. The van der Waals surface area contributed by atoms with Crippen molar-refractivity contribution in [2.75, 3.05) is 0 Å². The first kappa shape index (κ1) is 8.99. The van der Waals surface area contributed by atoms with Crippen LogP contribution in [0.3, 0.4) is 0 Å². The zero-order valence-corrected chi connectivity index (χ0v) is 7.29. The topological polar surface area (TPSA) is 66.5 Å². The van der Waals surface area contributed by atoms with Crippen molar-refractivity contribution in [3.8, 4) is 11.3 Å². The van der Waals surface area contributed by atoms with Gasteiger partial charge < -0.3 is 14.5 Å². The fraction of sp³-hybridized carbons (Fsp3) is 0. The molecule has 0 saturated heterocycles. The highest BCUT2D eigenvalue weighted by atomic mass is 16.4. The van der Waals surface area contributed by atoms with Crippen LogP contribution >= 0.6 is 0 Å². The largest absolute Gasteiger partial charge is 0.489 e. The lowest BCUT2D eigenvalue weighted by Gasteiger charge is -2.04. The standard InChI is InChI=1S/C9H8BNO3/c12-10(13)8-4-2-1-3-7(8)9-5-11-6-14-9/h1-6,12-13H.